The number of hydrogen-bond donors (Lipinski definition) is 1. The predicted molar refractivity (Wildman–Crippen MR) is 111 cm³/mol. The van der Waals surface area contributed by atoms with Gasteiger partial charge in [-0.05, 0) is 42.0 Å². The summed E-state index contributed by atoms with van der Waals surface area (Å²) < 4.78 is 3.65. The molecule has 140 valence electrons. The van der Waals surface area contributed by atoms with Crippen molar-refractivity contribution in [3.8, 4) is 5.69 Å². The van der Waals surface area contributed by atoms with Crippen LogP contribution in [0.5, 0.6) is 0 Å². The van der Waals surface area contributed by atoms with Gasteiger partial charge in [-0.1, -0.05) is 41.9 Å². The lowest BCUT2D eigenvalue weighted by atomic mass is 10.2. The van der Waals surface area contributed by atoms with E-state index in [0.717, 1.165) is 28.0 Å². The summed E-state index contributed by atoms with van der Waals surface area (Å²) in [4.78, 5) is 24.3. The second-order valence-electron chi connectivity index (χ2n) is 6.61. The highest BCUT2D eigenvalue weighted by molar-refractivity contribution is 6.30. The maximum atomic E-state index is 12.6. The Balaban J connectivity index is 1.95. The number of benzene rings is 2. The first-order valence-corrected chi connectivity index (χ1v) is 9.23. The van der Waals surface area contributed by atoms with E-state index in [9.17, 15) is 9.59 Å². The third-order valence-corrected chi connectivity index (χ3v) is 4.88. The molecule has 0 saturated heterocycles. The molecule has 0 aliphatic carbocycles. The van der Waals surface area contributed by atoms with Gasteiger partial charge >= 0.3 is 0 Å². The number of para-hydroxylation sites is 1. The highest BCUT2D eigenvalue weighted by Crippen LogP contribution is 2.24. The predicted octanol–water partition coefficient (Wildman–Crippen LogP) is 3.52. The van der Waals surface area contributed by atoms with Crippen LogP contribution in [0.15, 0.2) is 77.6 Å². The van der Waals surface area contributed by atoms with Crippen molar-refractivity contribution < 1.29 is 4.79 Å². The van der Waals surface area contributed by atoms with E-state index >= 15 is 0 Å². The van der Waals surface area contributed by atoms with Gasteiger partial charge in [-0.3, -0.25) is 14.2 Å². The van der Waals surface area contributed by atoms with Crippen molar-refractivity contribution in [2.24, 2.45) is 5.73 Å². The highest BCUT2D eigenvalue weighted by atomic mass is 35.5. The summed E-state index contributed by atoms with van der Waals surface area (Å²) >= 11 is 6.12. The standard InChI is InChI=1S/C22H18ClN3O2/c23-16-6-4-5-15(11-16)14-25-18(13-21(24)27)12-20-19(25)9-10-22(28)26(20)17-7-2-1-3-8-17/h1-12H,13-14H2,(H2,24,27). The Morgan fingerprint density at radius 3 is 2.43 bits per heavy atom. The molecule has 2 aromatic carbocycles. The van der Waals surface area contributed by atoms with Crippen LogP contribution in [0.25, 0.3) is 16.7 Å². The van der Waals surface area contributed by atoms with Gasteiger partial charge in [0.15, 0.2) is 0 Å². The lowest BCUT2D eigenvalue weighted by molar-refractivity contribution is -0.117. The smallest absolute Gasteiger partial charge is 0.255 e. The zero-order chi connectivity index (χ0) is 19.7. The van der Waals surface area contributed by atoms with Gasteiger partial charge < -0.3 is 10.3 Å². The summed E-state index contributed by atoms with van der Waals surface area (Å²) in [5, 5.41) is 0.645. The second kappa shape index (κ2) is 7.37. The van der Waals surface area contributed by atoms with Crippen LogP contribution in [0.2, 0.25) is 5.02 Å². The Kier molecular flexibility index (Phi) is 4.75. The van der Waals surface area contributed by atoms with Crippen molar-refractivity contribution >= 4 is 28.5 Å². The molecule has 1 amide bonds. The maximum Gasteiger partial charge on any atom is 0.255 e. The van der Waals surface area contributed by atoms with E-state index in [1.165, 1.54) is 6.07 Å². The quantitative estimate of drug-likeness (QED) is 0.565. The molecule has 0 bridgehead atoms. The first kappa shape index (κ1) is 18.1. The summed E-state index contributed by atoms with van der Waals surface area (Å²) in [6.07, 6.45) is 0.0816. The molecule has 0 radical (unpaired) electrons. The molecule has 4 rings (SSSR count). The van der Waals surface area contributed by atoms with Crippen LogP contribution in [0.1, 0.15) is 11.3 Å². The van der Waals surface area contributed by atoms with Crippen molar-refractivity contribution in [2.45, 2.75) is 13.0 Å². The summed E-state index contributed by atoms with van der Waals surface area (Å²) in [6.45, 7) is 0.514. The number of primary amides is 1. The van der Waals surface area contributed by atoms with E-state index < -0.39 is 5.91 Å². The van der Waals surface area contributed by atoms with Crippen LogP contribution >= 0.6 is 11.6 Å². The molecule has 2 aromatic heterocycles. The Morgan fingerprint density at radius 1 is 0.929 bits per heavy atom. The SMILES string of the molecule is NC(=O)Cc1cc2c(ccc(=O)n2-c2ccccc2)n1Cc1cccc(Cl)c1. The Bertz CT molecular complexity index is 1230. The summed E-state index contributed by atoms with van der Waals surface area (Å²) in [5.74, 6) is -0.427. The zero-order valence-corrected chi connectivity index (χ0v) is 15.8. The molecule has 28 heavy (non-hydrogen) atoms. The Labute approximate surface area is 166 Å². The number of aromatic nitrogens is 2. The minimum absolute atomic E-state index is 0.0816. The van der Waals surface area contributed by atoms with Gasteiger partial charge in [0.2, 0.25) is 5.91 Å². The molecular weight excluding hydrogens is 374 g/mol. The minimum Gasteiger partial charge on any atom is -0.369 e. The lowest BCUT2D eigenvalue weighted by Gasteiger charge is -2.12. The first-order chi connectivity index (χ1) is 13.5. The number of amides is 1. The van der Waals surface area contributed by atoms with Gasteiger partial charge in [0.25, 0.3) is 5.56 Å². The normalized spacial score (nSPS) is 11.0. The number of pyridine rings is 1. The van der Waals surface area contributed by atoms with Crippen LogP contribution < -0.4 is 11.3 Å². The van der Waals surface area contributed by atoms with Crippen LogP contribution in [-0.2, 0) is 17.8 Å². The third kappa shape index (κ3) is 3.44. The monoisotopic (exact) mass is 391 g/mol. The summed E-state index contributed by atoms with van der Waals surface area (Å²) in [6, 6.07) is 22.2. The first-order valence-electron chi connectivity index (χ1n) is 8.85. The van der Waals surface area contributed by atoms with E-state index in [-0.39, 0.29) is 12.0 Å². The Morgan fingerprint density at radius 2 is 1.71 bits per heavy atom. The number of nitrogens with zero attached hydrogens (tertiary/aromatic N) is 2. The molecule has 0 saturated carbocycles. The minimum atomic E-state index is -0.427. The summed E-state index contributed by atoms with van der Waals surface area (Å²) in [7, 11) is 0. The number of halogens is 1. The fourth-order valence-corrected chi connectivity index (χ4v) is 3.69. The van der Waals surface area contributed by atoms with Gasteiger partial charge in [-0.2, -0.15) is 0 Å². The summed E-state index contributed by atoms with van der Waals surface area (Å²) in [5.41, 5.74) is 9.42. The molecular formula is C22H18ClN3O2. The second-order valence-corrected chi connectivity index (χ2v) is 7.04. The number of rotatable bonds is 5. The van der Waals surface area contributed by atoms with E-state index in [0.29, 0.717) is 11.6 Å². The van der Waals surface area contributed by atoms with E-state index in [1.54, 1.807) is 10.6 Å². The zero-order valence-electron chi connectivity index (χ0n) is 15.0. The molecule has 6 heteroatoms. The molecule has 0 aliphatic rings. The number of nitrogens with two attached hydrogens (primary N) is 1. The largest absolute Gasteiger partial charge is 0.369 e. The Hall–Kier alpha value is -3.31. The topological polar surface area (TPSA) is 70.0 Å². The number of fused-ring (bicyclic) bond motifs is 1. The van der Waals surface area contributed by atoms with Gasteiger partial charge in [0.1, 0.15) is 0 Å². The van der Waals surface area contributed by atoms with Crippen LogP contribution in [0.3, 0.4) is 0 Å². The molecule has 0 unspecified atom stereocenters. The number of carbonyl (C=O) groups excluding carboxylic acids is 1. The van der Waals surface area contributed by atoms with Gasteiger partial charge in [0.05, 0.1) is 17.5 Å². The molecule has 2 heterocycles. The van der Waals surface area contributed by atoms with Crippen molar-refractivity contribution in [3.05, 3.63) is 99.4 Å². The fourth-order valence-electron chi connectivity index (χ4n) is 3.47. The van der Waals surface area contributed by atoms with Crippen molar-refractivity contribution in [1.29, 1.82) is 0 Å². The molecule has 0 fully saturated rings. The van der Waals surface area contributed by atoms with Crippen molar-refractivity contribution in [2.75, 3.05) is 0 Å². The fraction of sp³-hybridized carbons (Fsp3) is 0.0909. The van der Waals surface area contributed by atoms with Crippen molar-refractivity contribution in [1.82, 2.24) is 9.13 Å². The highest BCUT2D eigenvalue weighted by Gasteiger charge is 2.16. The van der Waals surface area contributed by atoms with E-state index in [2.05, 4.69) is 0 Å². The molecule has 5 nitrogen and oxygen atoms in total. The van der Waals surface area contributed by atoms with Gasteiger partial charge in [0, 0.05) is 29.0 Å². The van der Waals surface area contributed by atoms with Gasteiger partial charge in [-0.15, -0.1) is 0 Å². The van der Waals surface area contributed by atoms with Crippen LogP contribution in [-0.4, -0.2) is 15.0 Å². The number of hydrogen-bond acceptors (Lipinski definition) is 2. The van der Waals surface area contributed by atoms with E-state index in [1.807, 2.05) is 65.2 Å². The van der Waals surface area contributed by atoms with Crippen LogP contribution in [0.4, 0.5) is 0 Å². The molecule has 0 atom stereocenters. The molecule has 0 aliphatic heterocycles. The maximum absolute atomic E-state index is 12.6. The van der Waals surface area contributed by atoms with Crippen LogP contribution in [0, 0.1) is 0 Å². The average Bonchev–Trinajstić information content (AvgIpc) is 2.99. The molecule has 0 spiro atoms. The third-order valence-electron chi connectivity index (χ3n) is 4.65. The molecule has 4 aromatic rings. The van der Waals surface area contributed by atoms with Crippen molar-refractivity contribution in [3.63, 3.8) is 0 Å². The lowest BCUT2D eigenvalue weighted by Crippen LogP contribution is -2.17. The number of carbonyl (C=O) groups is 1. The van der Waals surface area contributed by atoms with E-state index in [4.69, 9.17) is 17.3 Å². The van der Waals surface area contributed by atoms with Gasteiger partial charge in [-0.25, -0.2) is 0 Å². The molecule has 2 N–H and O–H groups in total. The average molecular weight is 392 g/mol.